The first-order chi connectivity index (χ1) is 12.2. The van der Waals surface area contributed by atoms with Gasteiger partial charge >= 0.3 is 7.12 Å². The molecule has 7 heteroatoms. The Balaban J connectivity index is 1.85. The van der Waals surface area contributed by atoms with E-state index in [4.69, 9.17) is 9.31 Å². The van der Waals surface area contributed by atoms with Gasteiger partial charge in [0.1, 0.15) is 0 Å². The van der Waals surface area contributed by atoms with Crippen molar-refractivity contribution in [1.29, 1.82) is 0 Å². The summed E-state index contributed by atoms with van der Waals surface area (Å²) < 4.78 is 40.6. The van der Waals surface area contributed by atoms with E-state index in [1.807, 2.05) is 46.8 Å². The van der Waals surface area contributed by atoms with Crippen molar-refractivity contribution < 1.29 is 17.7 Å². The van der Waals surface area contributed by atoms with Crippen molar-refractivity contribution in [3.8, 4) is 0 Å². The van der Waals surface area contributed by atoms with Gasteiger partial charge in [-0.1, -0.05) is 31.5 Å². The van der Waals surface area contributed by atoms with Crippen molar-refractivity contribution in [3.63, 3.8) is 0 Å². The molecule has 0 aliphatic carbocycles. The highest BCUT2D eigenvalue weighted by Gasteiger charge is 2.54. The highest BCUT2D eigenvalue weighted by Crippen LogP contribution is 2.43. The van der Waals surface area contributed by atoms with Crippen LogP contribution < -0.4 is 0 Å². The zero-order chi connectivity index (χ0) is 20.3. The monoisotopic (exact) mass is 393 g/mol. The first-order valence-electron chi connectivity index (χ1n) is 9.68. The molecule has 0 bridgehead atoms. The van der Waals surface area contributed by atoms with Crippen LogP contribution in [0.4, 0.5) is 0 Å². The fourth-order valence-corrected chi connectivity index (χ4v) is 5.79. The molecule has 2 heterocycles. The Kier molecular flexibility index (Phi) is 5.08. The average Bonchev–Trinajstić information content (AvgIpc) is 2.91. The van der Waals surface area contributed by atoms with Crippen molar-refractivity contribution in [2.24, 2.45) is 5.41 Å². The molecule has 1 aromatic rings. The first-order valence-corrected chi connectivity index (χ1v) is 11.1. The molecule has 0 spiro atoms. The normalized spacial score (nSPS) is 27.2. The minimum absolute atomic E-state index is 0.0773. The molecule has 2 aliphatic heterocycles. The number of nitrogens with zero attached hydrogens (tertiary/aromatic N) is 1. The second-order valence-electron chi connectivity index (χ2n) is 9.81. The molecule has 1 atom stereocenters. The molecule has 1 unspecified atom stereocenters. The van der Waals surface area contributed by atoms with Gasteiger partial charge in [-0.2, -0.15) is 4.31 Å². The lowest BCUT2D eigenvalue weighted by Gasteiger charge is -2.32. The lowest BCUT2D eigenvalue weighted by Crippen LogP contribution is -2.41. The maximum absolute atomic E-state index is 13.3. The maximum atomic E-state index is 13.3. The van der Waals surface area contributed by atoms with Crippen LogP contribution in [0.3, 0.4) is 0 Å². The molecule has 1 aromatic carbocycles. The second kappa shape index (κ2) is 6.58. The van der Waals surface area contributed by atoms with E-state index in [0.29, 0.717) is 17.8 Å². The van der Waals surface area contributed by atoms with E-state index in [-0.39, 0.29) is 11.5 Å². The highest BCUT2D eigenvalue weighted by molar-refractivity contribution is 7.89. The van der Waals surface area contributed by atoms with E-state index in [1.54, 1.807) is 16.4 Å². The SMILES string of the molecule is Cc1ccc(S(=O)(=O)N2CC(C)(C)CC2CB2OC(C)(C)C(C)(C)O2)cc1. The molecule has 5 nitrogen and oxygen atoms in total. The molecular weight excluding hydrogens is 361 g/mol. The maximum Gasteiger partial charge on any atom is 0.459 e. The van der Waals surface area contributed by atoms with Gasteiger partial charge in [0, 0.05) is 12.6 Å². The van der Waals surface area contributed by atoms with Crippen LogP contribution in [0, 0.1) is 12.3 Å². The summed E-state index contributed by atoms with van der Waals surface area (Å²) in [7, 11) is -3.95. The van der Waals surface area contributed by atoms with E-state index < -0.39 is 28.3 Å². The molecule has 2 aliphatic rings. The van der Waals surface area contributed by atoms with Crippen LogP contribution in [-0.2, 0) is 19.3 Å². The molecule has 150 valence electrons. The molecule has 0 N–H and O–H groups in total. The molecule has 2 fully saturated rings. The van der Waals surface area contributed by atoms with Crippen molar-refractivity contribution >= 4 is 17.1 Å². The van der Waals surface area contributed by atoms with Gasteiger partial charge in [-0.3, -0.25) is 0 Å². The third-order valence-corrected chi connectivity index (χ3v) is 8.09. The Morgan fingerprint density at radius 1 is 1.04 bits per heavy atom. The van der Waals surface area contributed by atoms with Gasteiger partial charge in [0.15, 0.2) is 0 Å². The minimum atomic E-state index is -3.55. The fraction of sp³-hybridized carbons (Fsp3) is 0.700. The van der Waals surface area contributed by atoms with Crippen LogP contribution in [0.25, 0.3) is 0 Å². The average molecular weight is 393 g/mol. The van der Waals surface area contributed by atoms with E-state index in [0.717, 1.165) is 12.0 Å². The second-order valence-corrected chi connectivity index (χ2v) is 11.7. The summed E-state index contributed by atoms with van der Waals surface area (Å²) in [6.07, 6.45) is 1.34. The van der Waals surface area contributed by atoms with Gasteiger partial charge < -0.3 is 9.31 Å². The topological polar surface area (TPSA) is 55.8 Å². The van der Waals surface area contributed by atoms with Gasteiger partial charge in [0.05, 0.1) is 16.1 Å². The van der Waals surface area contributed by atoms with Gasteiger partial charge in [-0.25, -0.2) is 8.42 Å². The van der Waals surface area contributed by atoms with Crippen LogP contribution in [0.15, 0.2) is 29.2 Å². The van der Waals surface area contributed by atoms with E-state index in [1.165, 1.54) is 0 Å². The van der Waals surface area contributed by atoms with Crippen LogP contribution in [0.5, 0.6) is 0 Å². The predicted octanol–water partition coefficient (Wildman–Crippen LogP) is 3.88. The molecule has 0 saturated carbocycles. The minimum Gasteiger partial charge on any atom is -0.403 e. The van der Waals surface area contributed by atoms with Crippen LogP contribution in [-0.4, -0.2) is 43.6 Å². The van der Waals surface area contributed by atoms with Crippen molar-refractivity contribution in [1.82, 2.24) is 4.31 Å². The third kappa shape index (κ3) is 3.97. The van der Waals surface area contributed by atoms with Crippen LogP contribution >= 0.6 is 0 Å². The fourth-order valence-electron chi connectivity index (χ4n) is 3.97. The number of benzene rings is 1. The number of aryl methyl sites for hydroxylation is 1. The molecule has 27 heavy (non-hydrogen) atoms. The number of sulfonamides is 1. The molecule has 0 radical (unpaired) electrons. The summed E-state index contributed by atoms with van der Waals surface area (Å²) >= 11 is 0. The summed E-state index contributed by atoms with van der Waals surface area (Å²) in [4.78, 5) is 0.352. The van der Waals surface area contributed by atoms with Gasteiger partial charge in [0.25, 0.3) is 0 Å². The number of rotatable bonds is 4. The summed E-state index contributed by atoms with van der Waals surface area (Å²) in [5.41, 5.74) is 0.148. The number of hydrogen-bond acceptors (Lipinski definition) is 4. The Morgan fingerprint density at radius 2 is 1.56 bits per heavy atom. The summed E-state index contributed by atoms with van der Waals surface area (Å²) in [5.74, 6) is 0. The van der Waals surface area contributed by atoms with Crippen molar-refractivity contribution in [2.45, 2.75) is 83.3 Å². The highest BCUT2D eigenvalue weighted by atomic mass is 32.2. The zero-order valence-electron chi connectivity index (χ0n) is 17.6. The number of hydrogen-bond donors (Lipinski definition) is 0. The molecule has 3 rings (SSSR count). The smallest absolute Gasteiger partial charge is 0.403 e. The molecule has 0 amide bonds. The Labute approximate surface area is 164 Å². The third-order valence-electron chi connectivity index (χ3n) is 6.17. The summed E-state index contributed by atoms with van der Waals surface area (Å²) in [5, 5.41) is 0. The Hall–Kier alpha value is -0.885. The van der Waals surface area contributed by atoms with Crippen LogP contribution in [0.2, 0.25) is 6.32 Å². The molecular formula is C20H32BNO4S. The Bertz CT molecular complexity index is 786. The van der Waals surface area contributed by atoms with Crippen LogP contribution in [0.1, 0.15) is 53.5 Å². The standard InChI is InChI=1S/C20H32BNO4S/c1-15-8-10-17(11-9-15)27(23,24)22-14-18(2,3)12-16(22)13-21-25-19(4,5)20(6,7)26-21/h8-11,16H,12-14H2,1-7H3. The first kappa shape index (κ1) is 20.8. The molecule has 2 saturated heterocycles. The van der Waals surface area contributed by atoms with Crippen molar-refractivity contribution in [3.05, 3.63) is 29.8 Å². The van der Waals surface area contributed by atoms with Crippen molar-refractivity contribution in [2.75, 3.05) is 6.54 Å². The van der Waals surface area contributed by atoms with Gasteiger partial charge in [0.2, 0.25) is 10.0 Å². The Morgan fingerprint density at radius 3 is 2.07 bits per heavy atom. The molecule has 0 aromatic heterocycles. The largest absolute Gasteiger partial charge is 0.459 e. The van der Waals surface area contributed by atoms with E-state index >= 15 is 0 Å². The van der Waals surface area contributed by atoms with E-state index in [2.05, 4.69) is 13.8 Å². The summed E-state index contributed by atoms with van der Waals surface area (Å²) in [6, 6.07) is 6.94. The van der Waals surface area contributed by atoms with Gasteiger partial charge in [-0.15, -0.1) is 0 Å². The lowest BCUT2D eigenvalue weighted by atomic mass is 9.77. The van der Waals surface area contributed by atoms with E-state index in [9.17, 15) is 8.42 Å². The zero-order valence-corrected chi connectivity index (χ0v) is 18.4. The summed E-state index contributed by atoms with van der Waals surface area (Å²) in [6.45, 7) is 14.8. The lowest BCUT2D eigenvalue weighted by molar-refractivity contribution is 0.00578. The van der Waals surface area contributed by atoms with Gasteiger partial charge in [-0.05, 0) is 64.9 Å². The quantitative estimate of drug-likeness (QED) is 0.729. The predicted molar refractivity (Wildman–Crippen MR) is 108 cm³/mol.